The number of ether oxygens (including phenoxy) is 2. The molecule has 0 spiro atoms. The monoisotopic (exact) mass is 519 g/mol. The number of hydrogen-bond donors (Lipinski definition) is 3. The molecule has 1 unspecified atom stereocenters. The molecule has 10 nitrogen and oxygen atoms in total. The fourth-order valence-corrected chi connectivity index (χ4v) is 7.78. The van der Waals surface area contributed by atoms with Crippen LogP contribution in [0.25, 0.3) is 0 Å². The average molecular weight is 520 g/mol. The molecule has 4 fully saturated rings. The standard InChI is InChI=1S/C27H41N3O7/c1-7-25(4)12-20(37-24(34)29-23(33)36-19-14-28-13-17(19)30-35-6)26(5)15(2)8-10-27(16(3)22(25)32)11-9-18(31)21(26)27/h7,15-16,19-22,28,32H,1,8-14H2,2-6H3,(H,29,33,34)/b30-17+/t15?,16-,19+,20+,21-,22-,25+,26+,27-/m0/s1. The third kappa shape index (κ3) is 4.46. The third-order valence-corrected chi connectivity index (χ3v) is 10.2. The van der Waals surface area contributed by atoms with Gasteiger partial charge in [0.05, 0.1) is 6.10 Å². The first-order chi connectivity index (χ1) is 17.4. The van der Waals surface area contributed by atoms with E-state index in [1.54, 1.807) is 6.08 Å². The number of nitrogens with zero attached hydrogens (tertiary/aromatic N) is 1. The van der Waals surface area contributed by atoms with Crippen molar-refractivity contribution in [1.29, 1.82) is 0 Å². The molecule has 1 saturated heterocycles. The molecule has 37 heavy (non-hydrogen) atoms. The van der Waals surface area contributed by atoms with Gasteiger partial charge in [0.15, 0.2) is 6.10 Å². The Bertz CT molecular complexity index is 985. The summed E-state index contributed by atoms with van der Waals surface area (Å²) >= 11 is 0. The largest absolute Gasteiger partial charge is 0.445 e. The van der Waals surface area contributed by atoms with E-state index in [0.717, 1.165) is 19.3 Å². The zero-order chi connectivity index (χ0) is 27.2. The van der Waals surface area contributed by atoms with Gasteiger partial charge in [-0.3, -0.25) is 4.79 Å². The molecule has 0 aromatic rings. The molecule has 3 aliphatic carbocycles. The highest BCUT2D eigenvalue weighted by molar-refractivity contribution is 5.95. The van der Waals surface area contributed by atoms with Crippen LogP contribution in [-0.4, -0.2) is 67.3 Å². The first-order valence-electron chi connectivity index (χ1n) is 13.3. The number of oxime groups is 1. The van der Waals surface area contributed by atoms with Crippen molar-refractivity contribution in [2.75, 3.05) is 20.2 Å². The number of nitrogens with one attached hydrogen (secondary N) is 2. The third-order valence-electron chi connectivity index (χ3n) is 10.2. The number of Topliss-reactive ketones (excluding diaryl/α,β-unsaturated/α-hetero) is 1. The predicted octanol–water partition coefficient (Wildman–Crippen LogP) is 3.19. The smallest absolute Gasteiger partial charge is 0.417 e. The first-order valence-corrected chi connectivity index (χ1v) is 13.3. The minimum absolute atomic E-state index is 0.0892. The Kier molecular flexibility index (Phi) is 7.47. The normalized spacial score (nSPS) is 44.4. The minimum Gasteiger partial charge on any atom is -0.445 e. The summed E-state index contributed by atoms with van der Waals surface area (Å²) in [6, 6.07) is 0. The molecule has 3 N–H and O–H groups in total. The van der Waals surface area contributed by atoms with Gasteiger partial charge in [-0.1, -0.05) is 38.9 Å². The SMILES string of the molecule is C=C[C@]1(C)C[C@@H](OC(=O)NC(=O)O[C@@H]2CNC/C2=N\OC)[C@@]2(C)C(C)CC[C@]3(CCC(=O)[C@H]32)[C@@H](C)[C@@H]1O. The number of amides is 2. The number of alkyl carbamates (subject to hydrolysis) is 2. The summed E-state index contributed by atoms with van der Waals surface area (Å²) in [5.41, 5.74) is -1.28. The maximum atomic E-state index is 13.4. The van der Waals surface area contributed by atoms with Gasteiger partial charge in [0.2, 0.25) is 0 Å². The molecular weight excluding hydrogens is 478 g/mol. The van der Waals surface area contributed by atoms with Gasteiger partial charge in [0.1, 0.15) is 24.7 Å². The van der Waals surface area contributed by atoms with E-state index < -0.39 is 41.3 Å². The number of aliphatic hydroxyl groups excluding tert-OH is 1. The molecule has 2 bridgehead atoms. The number of carbonyl (C=O) groups excluding carboxylic acids is 3. The highest BCUT2D eigenvalue weighted by Crippen LogP contribution is 2.67. The average Bonchev–Trinajstić information content (AvgIpc) is 3.44. The van der Waals surface area contributed by atoms with Crippen LogP contribution in [0.5, 0.6) is 0 Å². The molecular formula is C27H41N3O7. The van der Waals surface area contributed by atoms with E-state index in [0.29, 0.717) is 25.2 Å². The van der Waals surface area contributed by atoms with Gasteiger partial charge in [-0.25, -0.2) is 14.9 Å². The van der Waals surface area contributed by atoms with E-state index >= 15 is 0 Å². The summed E-state index contributed by atoms with van der Waals surface area (Å²) in [5, 5.41) is 20.6. The molecule has 2 amide bonds. The van der Waals surface area contributed by atoms with Crippen molar-refractivity contribution in [1.82, 2.24) is 10.6 Å². The number of hydrogen-bond acceptors (Lipinski definition) is 9. The van der Waals surface area contributed by atoms with Gasteiger partial charge < -0.3 is 24.7 Å². The summed E-state index contributed by atoms with van der Waals surface area (Å²) < 4.78 is 11.3. The number of ketones is 1. The van der Waals surface area contributed by atoms with Crippen molar-refractivity contribution in [3.8, 4) is 0 Å². The van der Waals surface area contributed by atoms with Crippen LogP contribution in [0.15, 0.2) is 17.8 Å². The lowest BCUT2D eigenvalue weighted by molar-refractivity contribution is -0.191. The Morgan fingerprint density at radius 2 is 1.92 bits per heavy atom. The maximum Gasteiger partial charge on any atom is 0.417 e. The van der Waals surface area contributed by atoms with Crippen molar-refractivity contribution in [3.05, 3.63) is 12.7 Å². The van der Waals surface area contributed by atoms with Crippen molar-refractivity contribution >= 4 is 23.7 Å². The summed E-state index contributed by atoms with van der Waals surface area (Å²) in [5.74, 6) is -0.204. The van der Waals surface area contributed by atoms with Gasteiger partial charge in [0.25, 0.3) is 0 Å². The lowest BCUT2D eigenvalue weighted by atomic mass is 9.44. The second-order valence-corrected chi connectivity index (χ2v) is 11.9. The Morgan fingerprint density at radius 3 is 2.59 bits per heavy atom. The Labute approximate surface area is 218 Å². The molecule has 4 aliphatic rings. The summed E-state index contributed by atoms with van der Waals surface area (Å²) in [6.45, 7) is 12.9. The fourth-order valence-electron chi connectivity index (χ4n) is 7.78. The van der Waals surface area contributed by atoms with Crippen LogP contribution in [0.4, 0.5) is 9.59 Å². The van der Waals surface area contributed by atoms with Gasteiger partial charge in [0, 0.05) is 36.3 Å². The number of carbonyl (C=O) groups is 3. The van der Waals surface area contributed by atoms with Crippen molar-refractivity contribution in [2.45, 2.75) is 78.1 Å². The quantitative estimate of drug-likeness (QED) is 0.381. The molecule has 1 heterocycles. The highest BCUT2D eigenvalue weighted by Gasteiger charge is 2.68. The predicted molar refractivity (Wildman–Crippen MR) is 136 cm³/mol. The number of rotatable bonds is 4. The lowest BCUT2D eigenvalue weighted by Gasteiger charge is -2.61. The van der Waals surface area contributed by atoms with E-state index in [1.165, 1.54) is 7.11 Å². The summed E-state index contributed by atoms with van der Waals surface area (Å²) in [6.07, 6.45) is 0.839. The summed E-state index contributed by atoms with van der Waals surface area (Å²) in [4.78, 5) is 43.8. The second kappa shape index (κ2) is 10.0. The van der Waals surface area contributed by atoms with Gasteiger partial charge in [-0.2, -0.15) is 0 Å². The molecule has 4 rings (SSSR count). The molecule has 0 aromatic carbocycles. The number of aliphatic hydroxyl groups is 1. The zero-order valence-corrected chi connectivity index (χ0v) is 22.5. The molecule has 206 valence electrons. The van der Waals surface area contributed by atoms with Crippen molar-refractivity contribution in [3.63, 3.8) is 0 Å². The van der Waals surface area contributed by atoms with Crippen LogP contribution < -0.4 is 10.6 Å². The van der Waals surface area contributed by atoms with Crippen LogP contribution >= 0.6 is 0 Å². The second-order valence-electron chi connectivity index (χ2n) is 11.9. The van der Waals surface area contributed by atoms with Crippen molar-refractivity contribution < 1.29 is 33.8 Å². The molecule has 9 atom stereocenters. The minimum atomic E-state index is -0.957. The molecule has 3 saturated carbocycles. The van der Waals surface area contributed by atoms with E-state index in [4.69, 9.17) is 14.3 Å². The van der Waals surface area contributed by atoms with E-state index in [2.05, 4.69) is 36.2 Å². The Hall–Kier alpha value is -2.46. The Balaban J connectivity index is 1.61. The fraction of sp³-hybridized carbons (Fsp3) is 0.778. The molecule has 0 aromatic heterocycles. The van der Waals surface area contributed by atoms with Crippen molar-refractivity contribution in [2.24, 2.45) is 39.2 Å². The van der Waals surface area contributed by atoms with Crippen LogP contribution in [0, 0.1) is 34.0 Å². The van der Waals surface area contributed by atoms with E-state index in [9.17, 15) is 19.5 Å². The first kappa shape index (κ1) is 27.6. The molecule has 0 radical (unpaired) electrons. The van der Waals surface area contributed by atoms with Crippen LogP contribution in [0.2, 0.25) is 0 Å². The maximum absolute atomic E-state index is 13.4. The van der Waals surface area contributed by atoms with Crippen LogP contribution in [-0.2, 0) is 19.1 Å². The Morgan fingerprint density at radius 1 is 1.22 bits per heavy atom. The highest BCUT2D eigenvalue weighted by atomic mass is 16.6. The van der Waals surface area contributed by atoms with Gasteiger partial charge in [-0.15, -0.1) is 6.58 Å². The van der Waals surface area contributed by atoms with E-state index in [1.807, 2.05) is 13.8 Å². The van der Waals surface area contributed by atoms with Crippen LogP contribution in [0.1, 0.15) is 59.8 Å². The molecule has 10 heteroatoms. The lowest BCUT2D eigenvalue weighted by Crippen LogP contribution is -2.63. The van der Waals surface area contributed by atoms with Gasteiger partial charge >= 0.3 is 12.2 Å². The number of imide groups is 1. The molecule has 1 aliphatic heterocycles. The topological polar surface area (TPSA) is 136 Å². The van der Waals surface area contributed by atoms with E-state index in [-0.39, 0.29) is 35.4 Å². The van der Waals surface area contributed by atoms with Crippen LogP contribution in [0.3, 0.4) is 0 Å². The summed E-state index contributed by atoms with van der Waals surface area (Å²) in [7, 11) is 1.40. The van der Waals surface area contributed by atoms with Gasteiger partial charge in [-0.05, 0) is 42.9 Å². The zero-order valence-electron chi connectivity index (χ0n) is 22.5.